The van der Waals surface area contributed by atoms with E-state index in [1.165, 1.54) is 6.92 Å². The van der Waals surface area contributed by atoms with Crippen LogP contribution in [0.15, 0.2) is 42.5 Å². The molecule has 1 heterocycles. The third kappa shape index (κ3) is 2.79. The second kappa shape index (κ2) is 5.51. The van der Waals surface area contributed by atoms with Crippen molar-refractivity contribution in [3.63, 3.8) is 0 Å². The Labute approximate surface area is 140 Å². The van der Waals surface area contributed by atoms with Gasteiger partial charge in [0.1, 0.15) is 5.75 Å². The summed E-state index contributed by atoms with van der Waals surface area (Å²) in [6, 6.07) is 9.63. The molecular weight excluding hydrogens is 339 g/mol. The number of anilines is 1. The van der Waals surface area contributed by atoms with E-state index in [4.69, 9.17) is 9.84 Å². The summed E-state index contributed by atoms with van der Waals surface area (Å²) < 4.78 is 45.1. The number of halogens is 3. The topological polar surface area (TPSA) is 75.6 Å². The Bertz CT molecular complexity index is 864. The monoisotopic (exact) mass is 351 g/mol. The van der Waals surface area contributed by atoms with Gasteiger partial charge in [-0.05, 0) is 19.1 Å². The van der Waals surface area contributed by atoms with Crippen LogP contribution in [0.4, 0.5) is 18.9 Å². The SMILES string of the molecule is C[C@@]1(c2ccccc2)Oc2cc(C(F)(F)F)c(C(=O)O)cc2NC1=O. The number of rotatable bonds is 2. The molecule has 2 aromatic rings. The summed E-state index contributed by atoms with van der Waals surface area (Å²) in [6.07, 6.45) is -4.88. The van der Waals surface area contributed by atoms with E-state index in [2.05, 4.69) is 5.32 Å². The predicted octanol–water partition coefficient (Wildman–Crippen LogP) is 3.65. The van der Waals surface area contributed by atoms with Crippen molar-refractivity contribution in [3.05, 3.63) is 59.2 Å². The molecule has 3 rings (SSSR count). The average Bonchev–Trinajstić information content (AvgIpc) is 2.54. The zero-order valence-electron chi connectivity index (χ0n) is 12.8. The lowest BCUT2D eigenvalue weighted by molar-refractivity contribution is -0.138. The van der Waals surface area contributed by atoms with Crippen molar-refractivity contribution in [3.8, 4) is 5.75 Å². The van der Waals surface area contributed by atoms with Crippen molar-refractivity contribution in [2.45, 2.75) is 18.7 Å². The number of nitrogens with one attached hydrogen (secondary N) is 1. The largest absolute Gasteiger partial charge is 0.478 e. The maximum atomic E-state index is 13.2. The summed E-state index contributed by atoms with van der Waals surface area (Å²) in [5, 5.41) is 11.5. The molecule has 0 aliphatic carbocycles. The first kappa shape index (κ1) is 16.8. The number of amides is 1. The van der Waals surface area contributed by atoms with Gasteiger partial charge in [-0.3, -0.25) is 4.79 Å². The molecule has 0 bridgehead atoms. The number of aromatic carboxylic acids is 1. The number of carbonyl (C=O) groups excluding carboxylic acids is 1. The lowest BCUT2D eigenvalue weighted by Gasteiger charge is -2.35. The maximum absolute atomic E-state index is 13.2. The van der Waals surface area contributed by atoms with Gasteiger partial charge in [-0.25, -0.2) is 4.79 Å². The normalized spacial score (nSPS) is 19.6. The van der Waals surface area contributed by atoms with Crippen molar-refractivity contribution < 1.29 is 32.6 Å². The number of carboxylic acids is 1. The predicted molar refractivity (Wildman–Crippen MR) is 81.5 cm³/mol. The van der Waals surface area contributed by atoms with Crippen LogP contribution in [0.5, 0.6) is 5.75 Å². The maximum Gasteiger partial charge on any atom is 0.417 e. The third-order valence-electron chi connectivity index (χ3n) is 3.98. The van der Waals surface area contributed by atoms with Gasteiger partial charge in [-0.15, -0.1) is 0 Å². The first-order valence-corrected chi connectivity index (χ1v) is 7.17. The number of hydrogen-bond donors (Lipinski definition) is 2. The van der Waals surface area contributed by atoms with Gasteiger partial charge in [0, 0.05) is 5.56 Å². The number of fused-ring (bicyclic) bond motifs is 1. The minimum atomic E-state index is -4.88. The van der Waals surface area contributed by atoms with E-state index in [-0.39, 0.29) is 11.4 Å². The molecule has 2 aromatic carbocycles. The van der Waals surface area contributed by atoms with E-state index in [1.807, 2.05) is 0 Å². The van der Waals surface area contributed by atoms with Gasteiger partial charge in [-0.2, -0.15) is 13.2 Å². The van der Waals surface area contributed by atoms with E-state index in [1.54, 1.807) is 30.3 Å². The Morgan fingerprint density at radius 1 is 1.20 bits per heavy atom. The van der Waals surface area contributed by atoms with Gasteiger partial charge in [0.15, 0.2) is 0 Å². The van der Waals surface area contributed by atoms with Crippen molar-refractivity contribution in [2.24, 2.45) is 0 Å². The molecule has 5 nitrogen and oxygen atoms in total. The molecule has 0 spiro atoms. The van der Waals surface area contributed by atoms with Crippen LogP contribution in [0.2, 0.25) is 0 Å². The molecule has 2 N–H and O–H groups in total. The first-order chi connectivity index (χ1) is 11.6. The zero-order chi connectivity index (χ0) is 18.4. The van der Waals surface area contributed by atoms with Crippen molar-refractivity contribution in [2.75, 3.05) is 5.32 Å². The van der Waals surface area contributed by atoms with Gasteiger partial charge in [-0.1, -0.05) is 30.3 Å². The smallest absolute Gasteiger partial charge is 0.417 e. The van der Waals surface area contributed by atoms with Crippen LogP contribution in [0.1, 0.15) is 28.4 Å². The van der Waals surface area contributed by atoms with Crippen LogP contribution in [0.25, 0.3) is 0 Å². The number of carboxylic acid groups (broad SMARTS) is 1. The molecule has 0 radical (unpaired) electrons. The number of benzene rings is 2. The lowest BCUT2D eigenvalue weighted by atomic mass is 9.92. The molecule has 1 atom stereocenters. The standard InChI is InChI=1S/C17H12F3NO4/c1-16(9-5-3-2-4-6-9)15(24)21-12-7-10(14(22)23)11(17(18,19)20)8-13(12)25-16/h2-8H,1H3,(H,21,24)(H,22,23)/t16-/m0/s1. The van der Waals surface area contributed by atoms with Crippen LogP contribution in [-0.2, 0) is 16.6 Å². The summed E-state index contributed by atoms with van der Waals surface area (Å²) in [7, 11) is 0. The zero-order valence-corrected chi connectivity index (χ0v) is 12.8. The fourth-order valence-electron chi connectivity index (χ4n) is 2.63. The number of alkyl halides is 3. The van der Waals surface area contributed by atoms with Gasteiger partial charge in [0.25, 0.3) is 5.91 Å². The molecule has 1 amide bonds. The highest BCUT2D eigenvalue weighted by molar-refractivity contribution is 6.02. The van der Waals surface area contributed by atoms with Crippen molar-refractivity contribution in [1.82, 2.24) is 0 Å². The van der Waals surface area contributed by atoms with Crippen LogP contribution in [0.3, 0.4) is 0 Å². The van der Waals surface area contributed by atoms with Crippen LogP contribution >= 0.6 is 0 Å². The van der Waals surface area contributed by atoms with E-state index in [0.29, 0.717) is 11.6 Å². The highest BCUT2D eigenvalue weighted by Gasteiger charge is 2.44. The average molecular weight is 351 g/mol. The van der Waals surface area contributed by atoms with Gasteiger partial charge >= 0.3 is 12.1 Å². The minimum Gasteiger partial charge on any atom is -0.478 e. The molecule has 0 unspecified atom stereocenters. The molecule has 0 saturated heterocycles. The lowest BCUT2D eigenvalue weighted by Crippen LogP contribution is -2.46. The van der Waals surface area contributed by atoms with E-state index >= 15 is 0 Å². The Kier molecular flexibility index (Phi) is 3.70. The van der Waals surface area contributed by atoms with Crippen LogP contribution < -0.4 is 10.1 Å². The van der Waals surface area contributed by atoms with Crippen LogP contribution in [0, 0.1) is 0 Å². The number of ether oxygens (including phenoxy) is 1. The Morgan fingerprint density at radius 3 is 2.40 bits per heavy atom. The molecule has 25 heavy (non-hydrogen) atoms. The molecule has 130 valence electrons. The first-order valence-electron chi connectivity index (χ1n) is 7.17. The molecule has 1 aliphatic rings. The number of carbonyl (C=O) groups is 2. The Morgan fingerprint density at radius 2 is 1.84 bits per heavy atom. The van der Waals surface area contributed by atoms with E-state index in [9.17, 15) is 22.8 Å². The molecule has 0 fully saturated rings. The molecule has 0 aromatic heterocycles. The van der Waals surface area contributed by atoms with E-state index < -0.39 is 34.8 Å². The van der Waals surface area contributed by atoms with Gasteiger partial charge in [0.2, 0.25) is 5.60 Å². The Balaban J connectivity index is 2.15. The summed E-state index contributed by atoms with van der Waals surface area (Å²) in [4.78, 5) is 23.6. The second-order valence-corrected chi connectivity index (χ2v) is 5.65. The highest BCUT2D eigenvalue weighted by atomic mass is 19.4. The third-order valence-corrected chi connectivity index (χ3v) is 3.98. The fraction of sp³-hybridized carbons (Fsp3) is 0.176. The molecular formula is C17H12F3NO4. The van der Waals surface area contributed by atoms with Crippen LogP contribution in [-0.4, -0.2) is 17.0 Å². The number of hydrogen-bond acceptors (Lipinski definition) is 3. The molecule has 1 aliphatic heterocycles. The second-order valence-electron chi connectivity index (χ2n) is 5.65. The molecule has 8 heteroatoms. The summed E-state index contributed by atoms with van der Waals surface area (Å²) >= 11 is 0. The highest BCUT2D eigenvalue weighted by Crippen LogP contribution is 2.43. The quantitative estimate of drug-likeness (QED) is 0.866. The van der Waals surface area contributed by atoms with Gasteiger partial charge < -0.3 is 15.2 Å². The summed E-state index contributed by atoms with van der Waals surface area (Å²) in [5.41, 5.74) is -3.51. The minimum absolute atomic E-state index is 0.121. The summed E-state index contributed by atoms with van der Waals surface area (Å²) in [6.45, 7) is 1.43. The van der Waals surface area contributed by atoms with Crippen molar-refractivity contribution >= 4 is 17.6 Å². The molecule has 0 saturated carbocycles. The Hall–Kier alpha value is -3.03. The van der Waals surface area contributed by atoms with Crippen molar-refractivity contribution in [1.29, 1.82) is 0 Å². The summed E-state index contributed by atoms with van der Waals surface area (Å²) in [5.74, 6) is -2.61. The fourth-order valence-corrected chi connectivity index (χ4v) is 2.63. The van der Waals surface area contributed by atoms with Gasteiger partial charge in [0.05, 0.1) is 16.8 Å². The van der Waals surface area contributed by atoms with E-state index in [0.717, 1.165) is 6.07 Å².